The number of rotatable bonds is 3. The Labute approximate surface area is 93.0 Å². The maximum absolute atomic E-state index is 5.38. The second-order valence-electron chi connectivity index (χ2n) is 3.22. The Morgan fingerprint density at radius 3 is 1.71 bits per heavy atom. The number of hydrogen-bond donors (Lipinski definition) is 0. The van der Waals surface area contributed by atoms with Crippen molar-refractivity contribution in [3.8, 4) is 0 Å². The second-order valence-corrected chi connectivity index (χ2v) is 5.36. The molecule has 14 heavy (non-hydrogen) atoms. The number of allylic oxidation sites excluding steroid dienone is 2. The van der Waals surface area contributed by atoms with Crippen LogP contribution in [0, 0.1) is 0 Å². The third-order valence-corrected chi connectivity index (χ3v) is 4.00. The minimum Gasteiger partial charge on any atom is -0.221 e. The summed E-state index contributed by atoms with van der Waals surface area (Å²) >= 11 is 3.39. The van der Waals surface area contributed by atoms with Crippen LogP contribution in [0.4, 0.5) is 0 Å². The summed E-state index contributed by atoms with van der Waals surface area (Å²) in [4.78, 5) is 10.8. The Morgan fingerprint density at radius 2 is 1.36 bits per heavy atom. The van der Waals surface area contributed by atoms with Crippen molar-refractivity contribution in [3.05, 3.63) is 23.0 Å². The van der Waals surface area contributed by atoms with E-state index in [9.17, 15) is 0 Å². The normalized spacial score (nSPS) is 32.0. The molecule has 2 rings (SSSR count). The van der Waals surface area contributed by atoms with Crippen LogP contribution in [0.1, 0.15) is 25.7 Å². The molecule has 2 heterocycles. The van der Waals surface area contributed by atoms with Crippen LogP contribution in [0.5, 0.6) is 0 Å². The third-order valence-electron chi connectivity index (χ3n) is 2.06. The minimum atomic E-state index is 0.187. The van der Waals surface area contributed by atoms with Crippen LogP contribution in [0.2, 0.25) is 0 Å². The maximum atomic E-state index is 5.38. The summed E-state index contributed by atoms with van der Waals surface area (Å²) in [7, 11) is 0. The maximum Gasteiger partial charge on any atom is 0.142 e. The summed E-state index contributed by atoms with van der Waals surface area (Å²) in [6, 6.07) is 0. The van der Waals surface area contributed by atoms with Crippen molar-refractivity contribution in [3.63, 3.8) is 0 Å². The van der Waals surface area contributed by atoms with Gasteiger partial charge in [-0.15, -0.1) is 0 Å². The molecule has 0 aromatic rings. The fourth-order valence-corrected chi connectivity index (χ4v) is 2.86. The van der Waals surface area contributed by atoms with E-state index in [4.69, 9.17) is 9.78 Å². The van der Waals surface area contributed by atoms with Gasteiger partial charge in [-0.1, -0.05) is 35.7 Å². The van der Waals surface area contributed by atoms with E-state index in [1.54, 1.807) is 23.5 Å². The quantitative estimate of drug-likeness (QED) is 0.543. The lowest BCUT2D eigenvalue weighted by Crippen LogP contribution is -2.16. The average Bonchev–Trinajstić information content (AvgIpc) is 2.29. The topological polar surface area (TPSA) is 18.5 Å². The van der Waals surface area contributed by atoms with Crippen molar-refractivity contribution >= 4 is 23.5 Å². The third kappa shape index (κ3) is 3.35. The molecule has 0 radical (unpaired) electrons. The molecule has 2 aliphatic rings. The predicted octanol–water partition coefficient (Wildman–Crippen LogP) is 3.67. The van der Waals surface area contributed by atoms with Gasteiger partial charge in [0.25, 0.3) is 0 Å². The fraction of sp³-hybridized carbons (Fsp3) is 0.600. The molecule has 2 nitrogen and oxygen atoms in total. The molecular weight excluding hydrogens is 216 g/mol. The Balaban J connectivity index is 1.66. The van der Waals surface area contributed by atoms with Gasteiger partial charge in [-0.05, 0) is 36.5 Å². The minimum absolute atomic E-state index is 0.187. The Bertz CT molecular complexity index is 204. The van der Waals surface area contributed by atoms with Gasteiger partial charge in [0.15, 0.2) is 0 Å². The van der Waals surface area contributed by atoms with Gasteiger partial charge in [0.1, 0.15) is 10.9 Å². The zero-order chi connectivity index (χ0) is 9.64. The highest BCUT2D eigenvalue weighted by molar-refractivity contribution is 8.02. The van der Waals surface area contributed by atoms with E-state index in [1.807, 2.05) is 0 Å². The molecule has 4 heteroatoms. The van der Waals surface area contributed by atoms with Crippen molar-refractivity contribution in [1.29, 1.82) is 0 Å². The van der Waals surface area contributed by atoms with Crippen LogP contribution in [-0.2, 0) is 9.78 Å². The summed E-state index contributed by atoms with van der Waals surface area (Å²) < 4.78 is 0. The lowest BCUT2D eigenvalue weighted by Gasteiger charge is -2.21. The molecule has 0 aromatic heterocycles. The van der Waals surface area contributed by atoms with Gasteiger partial charge in [-0.25, -0.2) is 9.78 Å². The molecule has 2 unspecified atom stereocenters. The average molecular weight is 230 g/mol. The first kappa shape index (κ1) is 10.6. The first-order valence-corrected chi connectivity index (χ1v) is 6.77. The molecule has 78 valence electrons. The molecule has 0 amide bonds. The molecule has 0 saturated heterocycles. The molecule has 2 aliphatic heterocycles. The SMILES string of the molecule is C1=CSC(OOC2CCC=CS2)CC1. The lowest BCUT2D eigenvalue weighted by atomic mass is 10.3. The Hall–Kier alpha value is 0.1000. The fourth-order valence-electron chi connectivity index (χ4n) is 1.29. The van der Waals surface area contributed by atoms with E-state index in [2.05, 4.69) is 23.0 Å². The van der Waals surface area contributed by atoms with Crippen molar-refractivity contribution in [2.45, 2.75) is 36.6 Å². The van der Waals surface area contributed by atoms with Gasteiger partial charge < -0.3 is 0 Å². The zero-order valence-electron chi connectivity index (χ0n) is 7.93. The summed E-state index contributed by atoms with van der Waals surface area (Å²) in [5.74, 6) is 0. The molecular formula is C10H14O2S2. The summed E-state index contributed by atoms with van der Waals surface area (Å²) in [5.41, 5.74) is 0.373. The molecule has 0 aromatic carbocycles. The highest BCUT2D eigenvalue weighted by Gasteiger charge is 2.17. The predicted molar refractivity (Wildman–Crippen MR) is 61.7 cm³/mol. The second kappa shape index (κ2) is 5.85. The largest absolute Gasteiger partial charge is 0.221 e. The lowest BCUT2D eigenvalue weighted by molar-refractivity contribution is -0.314. The van der Waals surface area contributed by atoms with Crippen molar-refractivity contribution in [2.24, 2.45) is 0 Å². The van der Waals surface area contributed by atoms with Gasteiger partial charge in [-0.3, -0.25) is 0 Å². The standard InChI is InChI=1S/C10H14O2S2/c1-3-7-13-9(5-1)11-12-10-6-2-4-8-14-10/h3-4,7-10H,1-2,5-6H2. The van der Waals surface area contributed by atoms with E-state index in [0.29, 0.717) is 0 Å². The summed E-state index contributed by atoms with van der Waals surface area (Å²) in [6.07, 6.45) is 8.63. The monoisotopic (exact) mass is 230 g/mol. The van der Waals surface area contributed by atoms with Crippen LogP contribution >= 0.6 is 23.5 Å². The van der Waals surface area contributed by atoms with Gasteiger partial charge in [-0.2, -0.15) is 0 Å². The van der Waals surface area contributed by atoms with Gasteiger partial charge in [0, 0.05) is 0 Å². The van der Waals surface area contributed by atoms with Crippen molar-refractivity contribution in [2.75, 3.05) is 0 Å². The molecule has 0 spiro atoms. The molecule has 0 saturated carbocycles. The van der Waals surface area contributed by atoms with E-state index in [0.717, 1.165) is 25.7 Å². The highest BCUT2D eigenvalue weighted by Crippen LogP contribution is 2.29. The van der Waals surface area contributed by atoms with Crippen LogP contribution in [-0.4, -0.2) is 10.9 Å². The van der Waals surface area contributed by atoms with Crippen LogP contribution in [0.25, 0.3) is 0 Å². The summed E-state index contributed by atoms with van der Waals surface area (Å²) in [6.45, 7) is 0. The smallest absolute Gasteiger partial charge is 0.142 e. The Morgan fingerprint density at radius 1 is 0.857 bits per heavy atom. The molecule has 0 N–H and O–H groups in total. The van der Waals surface area contributed by atoms with Gasteiger partial charge >= 0.3 is 0 Å². The number of hydrogen-bond acceptors (Lipinski definition) is 4. The molecule has 0 aliphatic carbocycles. The number of thioether (sulfide) groups is 2. The molecule has 0 fully saturated rings. The van der Waals surface area contributed by atoms with Crippen molar-refractivity contribution in [1.82, 2.24) is 0 Å². The summed E-state index contributed by atoms with van der Waals surface area (Å²) in [5, 5.41) is 4.18. The zero-order valence-corrected chi connectivity index (χ0v) is 9.56. The van der Waals surface area contributed by atoms with Gasteiger partial charge in [0.05, 0.1) is 0 Å². The van der Waals surface area contributed by atoms with Crippen LogP contribution < -0.4 is 0 Å². The van der Waals surface area contributed by atoms with Gasteiger partial charge in [0.2, 0.25) is 0 Å². The highest BCUT2D eigenvalue weighted by atomic mass is 32.2. The van der Waals surface area contributed by atoms with E-state index >= 15 is 0 Å². The van der Waals surface area contributed by atoms with Crippen LogP contribution in [0.15, 0.2) is 23.0 Å². The first-order chi connectivity index (χ1) is 6.95. The first-order valence-electron chi connectivity index (χ1n) is 4.88. The van der Waals surface area contributed by atoms with Crippen LogP contribution in [0.3, 0.4) is 0 Å². The molecule has 2 atom stereocenters. The molecule has 0 bridgehead atoms. The van der Waals surface area contributed by atoms with E-state index < -0.39 is 0 Å². The Kier molecular flexibility index (Phi) is 4.44. The van der Waals surface area contributed by atoms with Crippen molar-refractivity contribution < 1.29 is 9.78 Å². The van der Waals surface area contributed by atoms with E-state index in [-0.39, 0.29) is 10.9 Å². The van der Waals surface area contributed by atoms with E-state index in [1.165, 1.54) is 0 Å².